The zero-order chi connectivity index (χ0) is 16.4. The second kappa shape index (κ2) is 7.66. The molecule has 1 aliphatic heterocycles. The van der Waals surface area contributed by atoms with Crippen LogP contribution in [0, 0.1) is 5.41 Å². The van der Waals surface area contributed by atoms with Crippen LogP contribution in [0.25, 0.3) is 0 Å². The minimum absolute atomic E-state index is 0. The van der Waals surface area contributed by atoms with E-state index in [1.54, 1.807) is 13.1 Å². The zero-order valence-corrected chi connectivity index (χ0v) is 15.1. The average molecular weight is 355 g/mol. The fourth-order valence-corrected chi connectivity index (χ4v) is 3.89. The molecule has 0 unspecified atom stereocenters. The van der Waals surface area contributed by atoms with E-state index >= 15 is 0 Å². The van der Waals surface area contributed by atoms with E-state index in [1.165, 1.54) is 23.9 Å². The average Bonchev–Trinajstić information content (AvgIpc) is 2.56. The maximum Gasteiger partial charge on any atom is 0.266 e. The van der Waals surface area contributed by atoms with Crippen molar-refractivity contribution in [3.63, 3.8) is 0 Å². The molecule has 1 aliphatic carbocycles. The van der Waals surface area contributed by atoms with Crippen molar-refractivity contribution < 1.29 is 4.79 Å². The Morgan fingerprint density at radius 1 is 1.33 bits per heavy atom. The number of aromatic nitrogens is 2. The molecule has 0 spiro atoms. The second-order valence-corrected chi connectivity index (χ2v) is 7.08. The summed E-state index contributed by atoms with van der Waals surface area (Å²) in [4.78, 5) is 26.4. The number of hydrogen-bond donors (Lipinski definition) is 1. The molecule has 1 saturated carbocycles. The summed E-state index contributed by atoms with van der Waals surface area (Å²) in [7, 11) is 1.66. The van der Waals surface area contributed by atoms with Crippen molar-refractivity contribution in [3.8, 4) is 0 Å². The van der Waals surface area contributed by atoms with E-state index in [9.17, 15) is 9.59 Å². The molecule has 3 rings (SSSR count). The van der Waals surface area contributed by atoms with Crippen LogP contribution in [0.4, 0.5) is 0 Å². The third-order valence-corrected chi connectivity index (χ3v) is 5.46. The molecule has 0 radical (unpaired) electrons. The third kappa shape index (κ3) is 3.81. The second-order valence-electron chi connectivity index (χ2n) is 7.08. The van der Waals surface area contributed by atoms with E-state index in [0.717, 1.165) is 24.1 Å². The third-order valence-electron chi connectivity index (χ3n) is 5.46. The van der Waals surface area contributed by atoms with E-state index in [0.29, 0.717) is 32.5 Å². The number of aryl methyl sites for hydroxylation is 1. The summed E-state index contributed by atoms with van der Waals surface area (Å²) in [6.07, 6.45) is 6.97. The van der Waals surface area contributed by atoms with Gasteiger partial charge in [0.1, 0.15) is 0 Å². The van der Waals surface area contributed by atoms with Crippen LogP contribution in [-0.4, -0.2) is 33.7 Å². The molecule has 0 aromatic carbocycles. The first-order chi connectivity index (χ1) is 11.0. The Bertz CT molecular complexity index is 652. The summed E-state index contributed by atoms with van der Waals surface area (Å²) in [5.41, 5.74) is 7.69. The van der Waals surface area contributed by atoms with Gasteiger partial charge in [-0.2, -0.15) is 5.10 Å². The van der Waals surface area contributed by atoms with Gasteiger partial charge in [-0.3, -0.25) is 9.59 Å². The Morgan fingerprint density at radius 2 is 2.04 bits per heavy atom. The molecule has 2 aliphatic rings. The largest absolute Gasteiger partial charge is 0.338 e. The first-order valence-electron chi connectivity index (χ1n) is 8.57. The van der Waals surface area contributed by atoms with Gasteiger partial charge >= 0.3 is 0 Å². The van der Waals surface area contributed by atoms with Gasteiger partial charge in [-0.1, -0.05) is 19.3 Å². The molecule has 1 aromatic heterocycles. The standard InChI is InChI=1S/C17H26N4O2.ClH/c1-20-15(22)9-13-11-21(8-5-14(13)19-20)16(23)10-17(12-18)6-3-2-4-7-17;/h9H,2-8,10-12,18H2,1H3;1H. The molecule has 2 heterocycles. The number of fused-ring (bicyclic) bond motifs is 1. The normalized spacial score (nSPS) is 19.3. The van der Waals surface area contributed by atoms with Gasteiger partial charge in [0.05, 0.1) is 5.69 Å². The lowest BCUT2D eigenvalue weighted by Crippen LogP contribution is -2.43. The lowest BCUT2D eigenvalue weighted by Gasteiger charge is -2.38. The van der Waals surface area contributed by atoms with Crippen molar-refractivity contribution in [1.29, 1.82) is 0 Å². The van der Waals surface area contributed by atoms with Gasteiger partial charge in [-0.05, 0) is 24.8 Å². The summed E-state index contributed by atoms with van der Waals surface area (Å²) in [6.45, 7) is 1.76. The SMILES string of the molecule is Cl.Cn1nc2c(cc1=O)CN(C(=O)CC1(CN)CCCCC1)CC2. The highest BCUT2D eigenvalue weighted by atomic mass is 35.5. The minimum atomic E-state index is -0.122. The molecular formula is C17H27ClN4O2. The van der Waals surface area contributed by atoms with Crippen LogP contribution in [-0.2, 0) is 24.8 Å². The lowest BCUT2D eigenvalue weighted by molar-refractivity contribution is -0.135. The fraction of sp³-hybridized carbons (Fsp3) is 0.706. The molecular weight excluding hydrogens is 328 g/mol. The topological polar surface area (TPSA) is 81.2 Å². The summed E-state index contributed by atoms with van der Waals surface area (Å²) >= 11 is 0. The maximum atomic E-state index is 12.8. The van der Waals surface area contributed by atoms with Crippen LogP contribution in [0.15, 0.2) is 10.9 Å². The smallest absolute Gasteiger partial charge is 0.266 e. The van der Waals surface area contributed by atoms with Crippen LogP contribution >= 0.6 is 12.4 Å². The van der Waals surface area contributed by atoms with Gasteiger partial charge in [-0.15, -0.1) is 12.4 Å². The maximum absolute atomic E-state index is 12.8. The molecule has 6 nitrogen and oxygen atoms in total. The predicted octanol–water partition coefficient (Wildman–Crippen LogP) is 1.39. The monoisotopic (exact) mass is 354 g/mol. The van der Waals surface area contributed by atoms with Crippen LogP contribution in [0.2, 0.25) is 0 Å². The van der Waals surface area contributed by atoms with Crippen molar-refractivity contribution in [3.05, 3.63) is 27.7 Å². The van der Waals surface area contributed by atoms with E-state index in [1.807, 2.05) is 4.90 Å². The predicted molar refractivity (Wildman–Crippen MR) is 95.0 cm³/mol. The van der Waals surface area contributed by atoms with Crippen molar-refractivity contribution in [1.82, 2.24) is 14.7 Å². The summed E-state index contributed by atoms with van der Waals surface area (Å²) < 4.78 is 1.36. The number of nitrogens with zero attached hydrogens (tertiary/aromatic N) is 3. The Kier molecular flexibility index (Phi) is 6.04. The van der Waals surface area contributed by atoms with Gasteiger partial charge in [-0.25, -0.2) is 4.68 Å². The number of nitrogens with two attached hydrogens (primary N) is 1. The lowest BCUT2D eigenvalue weighted by atomic mass is 9.71. The number of amides is 1. The minimum Gasteiger partial charge on any atom is -0.338 e. The number of halogens is 1. The molecule has 0 bridgehead atoms. The van der Waals surface area contributed by atoms with Gasteiger partial charge < -0.3 is 10.6 Å². The first kappa shape index (κ1) is 18.9. The van der Waals surface area contributed by atoms with Crippen molar-refractivity contribution >= 4 is 18.3 Å². The van der Waals surface area contributed by atoms with Crippen molar-refractivity contribution in [2.45, 2.75) is 51.5 Å². The Morgan fingerprint density at radius 3 is 2.71 bits per heavy atom. The number of rotatable bonds is 3. The molecule has 0 atom stereocenters. The molecule has 7 heteroatoms. The summed E-state index contributed by atoms with van der Waals surface area (Å²) in [6, 6.07) is 1.61. The van der Waals surface area contributed by atoms with Crippen LogP contribution in [0.1, 0.15) is 49.8 Å². The Labute approximate surface area is 148 Å². The Hall–Kier alpha value is -1.40. The van der Waals surface area contributed by atoms with Gasteiger partial charge in [0.15, 0.2) is 0 Å². The molecule has 134 valence electrons. The zero-order valence-electron chi connectivity index (χ0n) is 14.3. The molecule has 1 fully saturated rings. The quantitative estimate of drug-likeness (QED) is 0.889. The van der Waals surface area contributed by atoms with E-state index in [4.69, 9.17) is 5.73 Å². The highest BCUT2D eigenvalue weighted by molar-refractivity contribution is 5.85. The van der Waals surface area contributed by atoms with Crippen LogP contribution in [0.5, 0.6) is 0 Å². The number of hydrogen-bond acceptors (Lipinski definition) is 4. The van der Waals surface area contributed by atoms with Crippen LogP contribution in [0.3, 0.4) is 0 Å². The van der Waals surface area contributed by atoms with Crippen molar-refractivity contribution in [2.24, 2.45) is 18.2 Å². The molecule has 1 aromatic rings. The fourth-order valence-electron chi connectivity index (χ4n) is 3.89. The molecule has 2 N–H and O–H groups in total. The van der Waals surface area contributed by atoms with Gasteiger partial charge in [0, 0.05) is 44.6 Å². The molecule has 24 heavy (non-hydrogen) atoms. The molecule has 0 saturated heterocycles. The summed E-state index contributed by atoms with van der Waals surface area (Å²) in [5, 5.41) is 4.30. The van der Waals surface area contributed by atoms with Gasteiger partial charge in [0.2, 0.25) is 5.91 Å². The van der Waals surface area contributed by atoms with E-state index in [-0.39, 0.29) is 29.3 Å². The Balaban J connectivity index is 0.00000208. The van der Waals surface area contributed by atoms with Gasteiger partial charge in [0.25, 0.3) is 5.56 Å². The van der Waals surface area contributed by atoms with Crippen molar-refractivity contribution in [2.75, 3.05) is 13.1 Å². The van der Waals surface area contributed by atoms with Crippen LogP contribution < -0.4 is 11.3 Å². The number of carbonyl (C=O) groups is 1. The van der Waals surface area contributed by atoms with E-state index < -0.39 is 0 Å². The highest BCUT2D eigenvalue weighted by Gasteiger charge is 2.35. The molecule has 1 amide bonds. The highest BCUT2D eigenvalue weighted by Crippen LogP contribution is 2.39. The first-order valence-corrected chi connectivity index (χ1v) is 8.57. The summed E-state index contributed by atoms with van der Waals surface area (Å²) in [5.74, 6) is 0.170. The number of carbonyl (C=O) groups excluding carboxylic acids is 1. The van der Waals surface area contributed by atoms with E-state index in [2.05, 4.69) is 5.10 Å².